The number of aromatic amines is 1. The van der Waals surface area contributed by atoms with Gasteiger partial charge in [0.05, 0.1) is 0 Å². The molecule has 0 aliphatic carbocycles. The third kappa shape index (κ3) is 2.74. The van der Waals surface area contributed by atoms with Crippen LogP contribution in [0.15, 0.2) is 39.6 Å². The molecule has 2 aromatic rings. The third-order valence-corrected chi connectivity index (χ3v) is 4.82. The lowest BCUT2D eigenvalue weighted by Gasteiger charge is -2.31. The Balaban J connectivity index is 1.39. The Labute approximate surface area is 129 Å². The molecule has 0 unspecified atom stereocenters. The highest BCUT2D eigenvalue weighted by Gasteiger charge is 2.28. The summed E-state index contributed by atoms with van der Waals surface area (Å²) < 4.78 is 5.29. The van der Waals surface area contributed by atoms with Crippen molar-refractivity contribution in [2.24, 2.45) is 0 Å². The first kappa shape index (κ1) is 13.8. The van der Waals surface area contributed by atoms with Crippen molar-refractivity contribution in [3.63, 3.8) is 0 Å². The number of piperidine rings is 1. The van der Waals surface area contributed by atoms with Gasteiger partial charge < -0.3 is 9.84 Å². The molecule has 1 fully saturated rings. The zero-order valence-corrected chi connectivity index (χ0v) is 12.5. The molecular formula is C17H21N3O2. The molecule has 3 heterocycles. The molecule has 5 heteroatoms. The van der Waals surface area contributed by atoms with Gasteiger partial charge in [0.2, 0.25) is 0 Å². The maximum atomic E-state index is 11.2. The molecule has 0 saturated carbocycles. The molecule has 1 aromatic heterocycles. The second kappa shape index (κ2) is 5.74. The molecule has 4 rings (SSSR count). The summed E-state index contributed by atoms with van der Waals surface area (Å²) in [5.74, 6) is 1.15. The monoisotopic (exact) mass is 299 g/mol. The highest BCUT2D eigenvalue weighted by molar-refractivity contribution is 5.30. The van der Waals surface area contributed by atoms with E-state index in [0.717, 1.165) is 44.8 Å². The molecule has 5 nitrogen and oxygen atoms in total. The van der Waals surface area contributed by atoms with Crippen LogP contribution >= 0.6 is 0 Å². The van der Waals surface area contributed by atoms with Crippen LogP contribution in [-0.2, 0) is 13.1 Å². The first-order valence-corrected chi connectivity index (χ1v) is 7.99. The second-order valence-corrected chi connectivity index (χ2v) is 6.43. The summed E-state index contributed by atoms with van der Waals surface area (Å²) in [4.78, 5) is 13.7. The van der Waals surface area contributed by atoms with Gasteiger partial charge in [0.25, 0.3) is 5.56 Å². The lowest BCUT2D eigenvalue weighted by molar-refractivity contribution is 0.210. The number of aromatic nitrogens is 1. The third-order valence-electron chi connectivity index (χ3n) is 4.82. The van der Waals surface area contributed by atoms with Crippen molar-refractivity contribution < 1.29 is 4.52 Å². The smallest absolute Gasteiger partial charge is 0.280 e. The molecule has 116 valence electrons. The van der Waals surface area contributed by atoms with Crippen LogP contribution in [0.5, 0.6) is 0 Å². The van der Waals surface area contributed by atoms with E-state index < -0.39 is 0 Å². The van der Waals surface area contributed by atoms with E-state index >= 15 is 0 Å². The second-order valence-electron chi connectivity index (χ2n) is 6.43. The van der Waals surface area contributed by atoms with E-state index in [1.165, 1.54) is 11.1 Å². The molecule has 0 radical (unpaired) electrons. The lowest BCUT2D eigenvalue weighted by Crippen LogP contribution is -2.44. The highest BCUT2D eigenvalue weighted by atomic mass is 16.5. The molecule has 0 spiro atoms. The largest absolute Gasteiger partial charge is 0.383 e. The van der Waals surface area contributed by atoms with Crippen molar-refractivity contribution in [2.75, 3.05) is 13.1 Å². The van der Waals surface area contributed by atoms with E-state index in [0.29, 0.717) is 12.0 Å². The molecule has 1 saturated heterocycles. The Bertz CT molecular complexity index is 681. The van der Waals surface area contributed by atoms with Crippen molar-refractivity contribution in [3.8, 4) is 0 Å². The van der Waals surface area contributed by atoms with E-state index in [9.17, 15) is 4.79 Å². The number of rotatable bonds is 3. The van der Waals surface area contributed by atoms with E-state index in [2.05, 4.69) is 39.6 Å². The molecule has 2 atom stereocenters. The molecule has 0 bridgehead atoms. The zero-order valence-electron chi connectivity index (χ0n) is 12.5. The van der Waals surface area contributed by atoms with Crippen LogP contribution in [0.1, 0.15) is 35.6 Å². The Morgan fingerprint density at radius 3 is 2.68 bits per heavy atom. The zero-order chi connectivity index (χ0) is 14.9. The van der Waals surface area contributed by atoms with E-state index in [1.54, 1.807) is 6.07 Å². The number of hydrogen-bond acceptors (Lipinski definition) is 4. The molecular weight excluding hydrogens is 278 g/mol. The van der Waals surface area contributed by atoms with Gasteiger partial charge in [0.1, 0.15) is 5.76 Å². The number of fused-ring (bicyclic) bond motifs is 1. The Morgan fingerprint density at radius 2 is 2.00 bits per heavy atom. The molecule has 0 amide bonds. The highest BCUT2D eigenvalue weighted by Crippen LogP contribution is 2.28. The fourth-order valence-corrected chi connectivity index (χ4v) is 3.75. The number of hydrogen-bond donors (Lipinski definition) is 2. The SMILES string of the molecule is O=c1cc([C@@H]2CCN[C@H](CN3Cc4ccccc4C3)C2)o[nH]1. The van der Waals surface area contributed by atoms with Gasteiger partial charge in [-0.05, 0) is 30.5 Å². The van der Waals surface area contributed by atoms with Gasteiger partial charge in [-0.3, -0.25) is 9.69 Å². The Morgan fingerprint density at radius 1 is 1.23 bits per heavy atom. The predicted octanol–water partition coefficient (Wildman–Crippen LogP) is 1.82. The van der Waals surface area contributed by atoms with E-state index in [1.807, 2.05) is 0 Å². The van der Waals surface area contributed by atoms with Crippen molar-refractivity contribution in [2.45, 2.75) is 37.9 Å². The summed E-state index contributed by atoms with van der Waals surface area (Å²) in [6, 6.07) is 10.7. The van der Waals surface area contributed by atoms with Gasteiger partial charge in [-0.25, -0.2) is 0 Å². The summed E-state index contributed by atoms with van der Waals surface area (Å²) in [5, 5.41) is 6.01. The number of H-pyrrole nitrogens is 1. The van der Waals surface area contributed by atoms with Gasteiger partial charge >= 0.3 is 0 Å². The minimum atomic E-state index is -0.139. The Hall–Kier alpha value is -1.85. The number of nitrogens with zero attached hydrogens (tertiary/aromatic N) is 1. The van der Waals surface area contributed by atoms with Crippen molar-refractivity contribution in [1.29, 1.82) is 0 Å². The predicted molar refractivity (Wildman–Crippen MR) is 83.7 cm³/mol. The van der Waals surface area contributed by atoms with Gasteiger partial charge in [0, 0.05) is 37.7 Å². The quantitative estimate of drug-likeness (QED) is 0.907. The first-order valence-electron chi connectivity index (χ1n) is 7.99. The molecule has 2 aliphatic rings. The van der Waals surface area contributed by atoms with Crippen LogP contribution in [0.25, 0.3) is 0 Å². The van der Waals surface area contributed by atoms with Crippen LogP contribution in [0.2, 0.25) is 0 Å². The van der Waals surface area contributed by atoms with Crippen molar-refractivity contribution in [1.82, 2.24) is 15.4 Å². The van der Waals surface area contributed by atoms with Crippen molar-refractivity contribution >= 4 is 0 Å². The average Bonchev–Trinajstić information content (AvgIpc) is 3.13. The summed E-state index contributed by atoms with van der Waals surface area (Å²) in [7, 11) is 0. The average molecular weight is 299 g/mol. The van der Waals surface area contributed by atoms with Crippen LogP contribution in [0.3, 0.4) is 0 Å². The number of nitrogens with one attached hydrogen (secondary N) is 2. The van der Waals surface area contributed by atoms with Crippen LogP contribution in [-0.4, -0.2) is 29.2 Å². The summed E-state index contributed by atoms with van der Waals surface area (Å²) >= 11 is 0. The van der Waals surface area contributed by atoms with E-state index in [-0.39, 0.29) is 5.56 Å². The Kier molecular flexibility index (Phi) is 3.60. The minimum Gasteiger partial charge on any atom is -0.383 e. The van der Waals surface area contributed by atoms with Crippen LogP contribution < -0.4 is 10.9 Å². The summed E-state index contributed by atoms with van der Waals surface area (Å²) in [6.07, 6.45) is 2.05. The fraction of sp³-hybridized carbons (Fsp3) is 0.471. The lowest BCUT2D eigenvalue weighted by atomic mass is 9.90. The maximum absolute atomic E-state index is 11.2. The topological polar surface area (TPSA) is 61.3 Å². The molecule has 2 aliphatic heterocycles. The fourth-order valence-electron chi connectivity index (χ4n) is 3.75. The van der Waals surface area contributed by atoms with Crippen molar-refractivity contribution in [3.05, 3.63) is 57.6 Å². The van der Waals surface area contributed by atoms with Gasteiger partial charge in [-0.1, -0.05) is 24.3 Å². The van der Waals surface area contributed by atoms with Gasteiger partial charge in [-0.2, -0.15) is 5.16 Å². The van der Waals surface area contributed by atoms with Crippen LogP contribution in [0, 0.1) is 0 Å². The van der Waals surface area contributed by atoms with E-state index in [4.69, 9.17) is 4.52 Å². The molecule has 1 aromatic carbocycles. The first-order chi connectivity index (χ1) is 10.8. The van der Waals surface area contributed by atoms with Gasteiger partial charge in [-0.15, -0.1) is 0 Å². The van der Waals surface area contributed by atoms with Gasteiger partial charge in [0.15, 0.2) is 0 Å². The van der Waals surface area contributed by atoms with Crippen LogP contribution in [0.4, 0.5) is 0 Å². The molecule has 2 N–H and O–H groups in total. The molecule has 22 heavy (non-hydrogen) atoms. The number of benzene rings is 1. The standard InChI is InChI=1S/C17H21N3O2/c21-17-8-16(22-19-17)12-5-6-18-15(7-12)11-20-9-13-3-1-2-4-14(13)10-20/h1-4,8,12,15,18H,5-7,9-11H2,(H,19,21)/t12-,15+/m1/s1. The summed E-state index contributed by atoms with van der Waals surface area (Å²) in [6.45, 7) is 4.10. The summed E-state index contributed by atoms with van der Waals surface area (Å²) in [5.41, 5.74) is 2.76. The maximum Gasteiger partial charge on any atom is 0.280 e. The normalized spacial score (nSPS) is 25.3. The minimum absolute atomic E-state index is 0.139.